The van der Waals surface area contributed by atoms with Crippen LogP contribution in [0.2, 0.25) is 0 Å². The molecule has 2 N–H and O–H groups in total. The van der Waals surface area contributed by atoms with E-state index < -0.39 is 5.91 Å². The number of benzene rings is 1. The minimum atomic E-state index is -0.570. The van der Waals surface area contributed by atoms with E-state index in [1.807, 2.05) is 31.1 Å². The van der Waals surface area contributed by atoms with Gasteiger partial charge in [-0.15, -0.1) is 5.10 Å². The third-order valence-electron chi connectivity index (χ3n) is 4.95. The van der Waals surface area contributed by atoms with Crippen LogP contribution in [-0.2, 0) is 0 Å². The molecule has 8 heteroatoms. The van der Waals surface area contributed by atoms with Crippen molar-refractivity contribution >= 4 is 17.5 Å². The molecule has 1 aromatic carbocycles. The Labute approximate surface area is 156 Å². The largest absolute Gasteiger partial charge is 0.365 e. The number of aromatic nitrogens is 3. The summed E-state index contributed by atoms with van der Waals surface area (Å²) in [7, 11) is 4.04. The van der Waals surface area contributed by atoms with Crippen LogP contribution < -0.4 is 5.73 Å². The summed E-state index contributed by atoms with van der Waals surface area (Å²) in [5.74, 6) is -0.539. The Morgan fingerprint density at radius 2 is 1.85 bits per heavy atom. The van der Waals surface area contributed by atoms with Crippen molar-refractivity contribution < 1.29 is 9.59 Å². The maximum absolute atomic E-state index is 12.6. The molecule has 1 aliphatic rings. The van der Waals surface area contributed by atoms with Gasteiger partial charge in [-0.1, -0.05) is 12.1 Å². The van der Waals surface area contributed by atoms with Gasteiger partial charge in [-0.2, -0.15) is 0 Å². The van der Waals surface area contributed by atoms with Gasteiger partial charge in [-0.25, -0.2) is 9.50 Å². The summed E-state index contributed by atoms with van der Waals surface area (Å²) >= 11 is 0. The standard InChI is InChI=1S/C19H19N6O2/c1-23(2)14-9-24(10-14)19(27)13-5-3-12(4-6-13)16-8-7-15(17(20)26)18-21-11-22-25(16)18/h3-8,14H,9-10H2,1-2H3,(H2,20,26). The Bertz CT molecular complexity index is 1020. The molecule has 1 fully saturated rings. The van der Waals surface area contributed by atoms with Crippen molar-refractivity contribution in [3.63, 3.8) is 0 Å². The molecule has 0 saturated carbocycles. The van der Waals surface area contributed by atoms with Crippen LogP contribution in [0.15, 0.2) is 36.4 Å². The number of nitrogens with zero attached hydrogens (tertiary/aromatic N) is 5. The molecule has 0 unspecified atom stereocenters. The van der Waals surface area contributed by atoms with Gasteiger partial charge in [0.25, 0.3) is 11.8 Å². The maximum atomic E-state index is 12.6. The van der Waals surface area contributed by atoms with Gasteiger partial charge in [0.15, 0.2) is 5.65 Å². The highest BCUT2D eigenvalue weighted by Gasteiger charge is 2.32. The van der Waals surface area contributed by atoms with Crippen LogP contribution in [0, 0.1) is 6.33 Å². The van der Waals surface area contributed by atoms with Gasteiger partial charge in [-0.05, 0) is 38.4 Å². The van der Waals surface area contributed by atoms with Crippen molar-refractivity contribution in [2.24, 2.45) is 5.73 Å². The zero-order valence-electron chi connectivity index (χ0n) is 15.1. The zero-order chi connectivity index (χ0) is 19.1. The lowest BCUT2D eigenvalue weighted by Gasteiger charge is -2.42. The van der Waals surface area contributed by atoms with Gasteiger partial charge in [0, 0.05) is 30.3 Å². The molecule has 3 aromatic rings. The molecule has 0 aliphatic carbocycles. The molecule has 4 rings (SSSR count). The number of carbonyl (C=O) groups is 2. The first kappa shape index (κ1) is 17.2. The molecular formula is C19H19N6O2. The van der Waals surface area contributed by atoms with Gasteiger partial charge in [0.05, 0.1) is 11.3 Å². The van der Waals surface area contributed by atoms with Gasteiger partial charge in [-0.3, -0.25) is 9.59 Å². The van der Waals surface area contributed by atoms with E-state index in [4.69, 9.17) is 5.73 Å². The summed E-state index contributed by atoms with van der Waals surface area (Å²) in [5.41, 5.74) is 8.25. The average Bonchev–Trinajstić information content (AvgIpc) is 3.08. The third-order valence-corrected chi connectivity index (χ3v) is 4.95. The predicted octanol–water partition coefficient (Wildman–Crippen LogP) is 0.681. The Morgan fingerprint density at radius 3 is 2.48 bits per heavy atom. The van der Waals surface area contributed by atoms with E-state index in [1.165, 1.54) is 4.52 Å². The van der Waals surface area contributed by atoms with Crippen molar-refractivity contribution in [2.45, 2.75) is 6.04 Å². The number of likely N-dealkylation sites (N-methyl/N-ethyl adjacent to an activating group) is 1. The zero-order valence-corrected chi connectivity index (χ0v) is 15.1. The second kappa shape index (κ2) is 6.48. The van der Waals surface area contributed by atoms with Crippen LogP contribution in [0.1, 0.15) is 20.7 Å². The van der Waals surface area contributed by atoms with E-state index in [1.54, 1.807) is 24.3 Å². The van der Waals surface area contributed by atoms with Crippen LogP contribution in [0.25, 0.3) is 16.9 Å². The Balaban J connectivity index is 1.59. The summed E-state index contributed by atoms with van der Waals surface area (Å²) in [4.78, 5) is 32.0. The van der Waals surface area contributed by atoms with Gasteiger partial charge >= 0.3 is 0 Å². The number of fused-ring (bicyclic) bond motifs is 1. The maximum Gasteiger partial charge on any atom is 0.253 e. The highest BCUT2D eigenvalue weighted by atomic mass is 16.2. The number of carbonyl (C=O) groups excluding carboxylic acids is 2. The van der Waals surface area contributed by atoms with Crippen molar-refractivity contribution in [2.75, 3.05) is 27.2 Å². The summed E-state index contributed by atoms with van der Waals surface area (Å²) < 4.78 is 1.52. The molecule has 0 spiro atoms. The van der Waals surface area contributed by atoms with E-state index in [0.717, 1.165) is 24.3 Å². The van der Waals surface area contributed by atoms with E-state index in [9.17, 15) is 9.59 Å². The second-order valence-corrected chi connectivity index (χ2v) is 6.85. The molecule has 0 bridgehead atoms. The lowest BCUT2D eigenvalue weighted by molar-refractivity contribution is 0.0399. The lowest BCUT2D eigenvalue weighted by atomic mass is 10.0. The van der Waals surface area contributed by atoms with Crippen molar-refractivity contribution in [3.8, 4) is 11.3 Å². The minimum absolute atomic E-state index is 0.0305. The summed E-state index contributed by atoms with van der Waals surface area (Å²) in [6.07, 6.45) is 2.51. The van der Waals surface area contributed by atoms with Crippen molar-refractivity contribution in [1.82, 2.24) is 24.4 Å². The first-order chi connectivity index (χ1) is 13.0. The number of nitrogens with two attached hydrogens (primary N) is 1. The molecule has 27 heavy (non-hydrogen) atoms. The molecule has 2 amide bonds. The van der Waals surface area contributed by atoms with Crippen LogP contribution in [0.4, 0.5) is 0 Å². The first-order valence-corrected chi connectivity index (χ1v) is 8.57. The fourth-order valence-electron chi connectivity index (χ4n) is 3.18. The number of hydrogen-bond acceptors (Lipinski definition) is 5. The van der Waals surface area contributed by atoms with E-state index >= 15 is 0 Å². The topological polar surface area (TPSA) is 96.8 Å². The second-order valence-electron chi connectivity index (χ2n) is 6.85. The van der Waals surface area contributed by atoms with Crippen LogP contribution in [0.5, 0.6) is 0 Å². The molecule has 0 atom stereocenters. The summed E-state index contributed by atoms with van der Waals surface area (Å²) in [5, 5.41) is 4.06. The Kier molecular flexibility index (Phi) is 4.12. The third kappa shape index (κ3) is 2.93. The van der Waals surface area contributed by atoms with Gasteiger partial charge in [0.1, 0.15) is 0 Å². The van der Waals surface area contributed by atoms with E-state index in [0.29, 0.717) is 17.3 Å². The average molecular weight is 363 g/mol. The lowest BCUT2D eigenvalue weighted by Crippen LogP contribution is -2.59. The van der Waals surface area contributed by atoms with E-state index in [-0.39, 0.29) is 11.5 Å². The number of amides is 2. The molecule has 1 saturated heterocycles. The molecule has 2 aromatic heterocycles. The normalized spacial score (nSPS) is 14.6. The molecule has 1 aliphatic heterocycles. The molecule has 137 valence electrons. The number of likely N-dealkylation sites (tertiary alicyclic amines) is 1. The Morgan fingerprint density at radius 1 is 1.15 bits per heavy atom. The number of primary amides is 1. The molecule has 3 heterocycles. The first-order valence-electron chi connectivity index (χ1n) is 8.57. The molecular weight excluding hydrogens is 344 g/mol. The smallest absolute Gasteiger partial charge is 0.253 e. The summed E-state index contributed by atoms with van der Waals surface area (Å²) in [6, 6.07) is 11.1. The molecule has 1 radical (unpaired) electrons. The van der Waals surface area contributed by atoms with E-state index in [2.05, 4.69) is 21.3 Å². The Hall–Kier alpha value is -3.26. The monoisotopic (exact) mass is 363 g/mol. The number of hydrogen-bond donors (Lipinski definition) is 1. The van der Waals surface area contributed by atoms with Gasteiger partial charge in [0.2, 0.25) is 6.33 Å². The minimum Gasteiger partial charge on any atom is -0.365 e. The fourth-order valence-corrected chi connectivity index (χ4v) is 3.18. The van der Waals surface area contributed by atoms with Gasteiger partial charge < -0.3 is 15.5 Å². The van der Waals surface area contributed by atoms with Crippen LogP contribution in [0.3, 0.4) is 0 Å². The highest BCUT2D eigenvalue weighted by molar-refractivity contribution is 5.99. The fraction of sp³-hybridized carbons (Fsp3) is 0.263. The SMILES string of the molecule is CN(C)C1CN(C(=O)c2ccc(-c3ccc(C(N)=O)c4n[c]nn34)cc2)C1. The quantitative estimate of drug-likeness (QED) is 0.735. The van der Waals surface area contributed by atoms with Crippen LogP contribution in [-0.4, -0.2) is 69.4 Å². The van der Waals surface area contributed by atoms with Crippen LogP contribution >= 0.6 is 0 Å². The number of pyridine rings is 1. The highest BCUT2D eigenvalue weighted by Crippen LogP contribution is 2.23. The number of rotatable bonds is 4. The van der Waals surface area contributed by atoms with Crippen molar-refractivity contribution in [3.05, 3.63) is 53.9 Å². The molecule has 8 nitrogen and oxygen atoms in total. The predicted molar refractivity (Wildman–Crippen MR) is 99.2 cm³/mol. The summed E-state index contributed by atoms with van der Waals surface area (Å²) in [6.45, 7) is 1.50. The van der Waals surface area contributed by atoms with Crippen molar-refractivity contribution in [1.29, 1.82) is 0 Å².